The zero-order valence-corrected chi connectivity index (χ0v) is 11.3. The Labute approximate surface area is 115 Å². The number of nitrogens with one attached hydrogen (secondary N) is 1. The molecule has 2 aromatic rings. The number of ether oxygens (including phenoxy) is 1. The van der Waals surface area contributed by atoms with Gasteiger partial charge in [-0.05, 0) is 37.6 Å². The molecule has 0 atom stereocenters. The van der Waals surface area contributed by atoms with E-state index in [-0.39, 0.29) is 12.5 Å². The lowest BCUT2D eigenvalue weighted by atomic mass is 10.2. The molecule has 0 unspecified atom stereocenters. The summed E-state index contributed by atoms with van der Waals surface area (Å²) in [7, 11) is 0. The van der Waals surface area contributed by atoms with Gasteiger partial charge < -0.3 is 14.6 Å². The molecule has 0 saturated heterocycles. The van der Waals surface area contributed by atoms with E-state index in [1.807, 2.05) is 6.92 Å². The minimum Gasteiger partial charge on any atom is -0.483 e. The van der Waals surface area contributed by atoms with Crippen molar-refractivity contribution in [3.8, 4) is 5.75 Å². The summed E-state index contributed by atoms with van der Waals surface area (Å²) >= 11 is 5.84. The van der Waals surface area contributed by atoms with Gasteiger partial charge in [-0.3, -0.25) is 4.79 Å². The Kier molecular flexibility index (Phi) is 4.06. The topological polar surface area (TPSA) is 64.4 Å². The predicted octanol–water partition coefficient (Wildman–Crippen LogP) is 2.96. The second kappa shape index (κ2) is 5.75. The zero-order chi connectivity index (χ0) is 13.8. The molecule has 0 radical (unpaired) electrons. The number of rotatable bonds is 4. The first kappa shape index (κ1) is 13.4. The first-order valence-electron chi connectivity index (χ1n) is 5.67. The van der Waals surface area contributed by atoms with Gasteiger partial charge in [-0.15, -0.1) is 0 Å². The molecule has 0 aliphatic rings. The van der Waals surface area contributed by atoms with Gasteiger partial charge in [0.15, 0.2) is 12.4 Å². The van der Waals surface area contributed by atoms with E-state index in [2.05, 4.69) is 10.5 Å². The molecule has 2 rings (SSSR count). The monoisotopic (exact) mass is 280 g/mol. The Bertz CT molecular complexity index is 595. The Hall–Kier alpha value is -2.01. The zero-order valence-electron chi connectivity index (χ0n) is 10.6. The van der Waals surface area contributed by atoms with Crippen LogP contribution in [-0.2, 0) is 4.79 Å². The van der Waals surface area contributed by atoms with Crippen molar-refractivity contribution in [1.82, 2.24) is 5.16 Å². The molecule has 0 saturated carbocycles. The molecule has 1 aromatic carbocycles. The number of aromatic nitrogens is 1. The maximum absolute atomic E-state index is 11.6. The predicted molar refractivity (Wildman–Crippen MR) is 71.6 cm³/mol. The van der Waals surface area contributed by atoms with Crippen molar-refractivity contribution in [2.24, 2.45) is 0 Å². The van der Waals surface area contributed by atoms with E-state index in [1.165, 1.54) is 0 Å². The molecule has 0 aliphatic heterocycles. The van der Waals surface area contributed by atoms with Crippen LogP contribution in [0, 0.1) is 13.8 Å². The summed E-state index contributed by atoms with van der Waals surface area (Å²) in [5, 5.41) is 6.86. The van der Waals surface area contributed by atoms with Crippen molar-refractivity contribution in [3.63, 3.8) is 0 Å². The average molecular weight is 281 g/mol. The van der Waals surface area contributed by atoms with E-state index in [0.717, 1.165) is 5.56 Å². The fourth-order valence-corrected chi connectivity index (χ4v) is 1.75. The highest BCUT2D eigenvalue weighted by Gasteiger charge is 2.08. The molecule has 19 heavy (non-hydrogen) atoms. The number of carbonyl (C=O) groups is 1. The van der Waals surface area contributed by atoms with Gasteiger partial charge in [0, 0.05) is 11.1 Å². The maximum Gasteiger partial charge on any atom is 0.263 e. The lowest BCUT2D eigenvalue weighted by molar-refractivity contribution is -0.118. The SMILES string of the molecule is Cc1cc(NC(=O)COc2ccc(Cl)cc2C)no1. The Balaban J connectivity index is 1.89. The standard InChI is InChI=1S/C13H13ClN2O3/c1-8-5-10(14)3-4-11(8)18-7-13(17)15-12-6-9(2)19-16-12/h3-6H,7H2,1-2H3,(H,15,16,17). The number of benzene rings is 1. The number of aryl methyl sites for hydroxylation is 2. The molecule has 6 heteroatoms. The summed E-state index contributed by atoms with van der Waals surface area (Å²) < 4.78 is 10.2. The number of anilines is 1. The summed E-state index contributed by atoms with van der Waals surface area (Å²) in [6.45, 7) is 3.50. The van der Waals surface area contributed by atoms with Gasteiger partial charge in [0.05, 0.1) is 0 Å². The third kappa shape index (κ3) is 3.72. The third-order valence-electron chi connectivity index (χ3n) is 2.39. The summed E-state index contributed by atoms with van der Waals surface area (Å²) in [5.41, 5.74) is 0.873. The highest BCUT2D eigenvalue weighted by Crippen LogP contribution is 2.21. The van der Waals surface area contributed by atoms with Crippen LogP contribution in [0.4, 0.5) is 5.82 Å². The van der Waals surface area contributed by atoms with Crippen molar-refractivity contribution in [2.45, 2.75) is 13.8 Å². The molecule has 5 nitrogen and oxygen atoms in total. The van der Waals surface area contributed by atoms with E-state index in [4.69, 9.17) is 20.9 Å². The van der Waals surface area contributed by atoms with Gasteiger partial charge in [0.2, 0.25) is 0 Å². The molecule has 1 amide bonds. The van der Waals surface area contributed by atoms with Gasteiger partial charge in [0.1, 0.15) is 11.5 Å². The van der Waals surface area contributed by atoms with E-state index in [0.29, 0.717) is 22.4 Å². The van der Waals surface area contributed by atoms with Crippen LogP contribution in [0.1, 0.15) is 11.3 Å². The van der Waals surface area contributed by atoms with Crippen LogP contribution in [0.2, 0.25) is 5.02 Å². The van der Waals surface area contributed by atoms with E-state index in [1.54, 1.807) is 31.2 Å². The van der Waals surface area contributed by atoms with Gasteiger partial charge in [-0.2, -0.15) is 0 Å². The number of hydrogen-bond acceptors (Lipinski definition) is 4. The molecule has 0 aliphatic carbocycles. The number of carbonyl (C=O) groups excluding carboxylic acids is 1. The normalized spacial score (nSPS) is 10.3. The summed E-state index contributed by atoms with van der Waals surface area (Å²) in [6.07, 6.45) is 0. The van der Waals surface area contributed by atoms with Crippen LogP contribution >= 0.6 is 11.6 Å². The van der Waals surface area contributed by atoms with Crippen LogP contribution in [0.25, 0.3) is 0 Å². The Morgan fingerprint density at radius 1 is 1.42 bits per heavy atom. The van der Waals surface area contributed by atoms with Crippen molar-refractivity contribution < 1.29 is 14.1 Å². The van der Waals surface area contributed by atoms with Crippen molar-refractivity contribution >= 4 is 23.3 Å². The van der Waals surface area contributed by atoms with Gasteiger partial charge in [-0.1, -0.05) is 16.8 Å². The maximum atomic E-state index is 11.6. The van der Waals surface area contributed by atoms with Gasteiger partial charge in [0.25, 0.3) is 5.91 Å². The van der Waals surface area contributed by atoms with Crippen LogP contribution < -0.4 is 10.1 Å². The minimum absolute atomic E-state index is 0.103. The van der Waals surface area contributed by atoms with Crippen LogP contribution in [0.15, 0.2) is 28.8 Å². The number of halogens is 1. The Morgan fingerprint density at radius 3 is 2.84 bits per heavy atom. The molecular formula is C13H13ClN2O3. The molecular weight excluding hydrogens is 268 g/mol. The third-order valence-corrected chi connectivity index (χ3v) is 2.63. The lowest BCUT2D eigenvalue weighted by Crippen LogP contribution is -2.20. The molecule has 0 fully saturated rings. The first-order valence-corrected chi connectivity index (χ1v) is 6.04. The van der Waals surface area contributed by atoms with Crippen LogP contribution in [0.3, 0.4) is 0 Å². The second-order valence-electron chi connectivity index (χ2n) is 4.07. The summed E-state index contributed by atoms with van der Waals surface area (Å²) in [5.74, 6) is 1.32. The molecule has 0 bridgehead atoms. The fourth-order valence-electron chi connectivity index (χ4n) is 1.52. The van der Waals surface area contributed by atoms with Crippen molar-refractivity contribution in [2.75, 3.05) is 11.9 Å². The first-order chi connectivity index (χ1) is 9.04. The molecule has 0 spiro atoms. The highest BCUT2D eigenvalue weighted by molar-refractivity contribution is 6.30. The molecule has 100 valence electrons. The lowest BCUT2D eigenvalue weighted by Gasteiger charge is -2.08. The average Bonchev–Trinajstić information content (AvgIpc) is 2.73. The number of hydrogen-bond donors (Lipinski definition) is 1. The Morgan fingerprint density at radius 2 is 2.21 bits per heavy atom. The fraction of sp³-hybridized carbons (Fsp3) is 0.231. The summed E-state index contributed by atoms with van der Waals surface area (Å²) in [6, 6.07) is 6.84. The molecule has 1 heterocycles. The van der Waals surface area contributed by atoms with Crippen molar-refractivity contribution in [1.29, 1.82) is 0 Å². The van der Waals surface area contributed by atoms with Crippen LogP contribution in [0.5, 0.6) is 5.75 Å². The summed E-state index contributed by atoms with van der Waals surface area (Å²) in [4.78, 5) is 11.6. The number of amides is 1. The van der Waals surface area contributed by atoms with E-state index >= 15 is 0 Å². The van der Waals surface area contributed by atoms with Gasteiger partial charge >= 0.3 is 0 Å². The minimum atomic E-state index is -0.303. The van der Waals surface area contributed by atoms with E-state index < -0.39 is 0 Å². The van der Waals surface area contributed by atoms with E-state index in [9.17, 15) is 4.79 Å². The van der Waals surface area contributed by atoms with Gasteiger partial charge in [-0.25, -0.2) is 0 Å². The smallest absolute Gasteiger partial charge is 0.263 e. The van der Waals surface area contributed by atoms with Crippen molar-refractivity contribution in [3.05, 3.63) is 40.6 Å². The molecule has 1 N–H and O–H groups in total. The quantitative estimate of drug-likeness (QED) is 0.935. The van der Waals surface area contributed by atoms with Crippen LogP contribution in [-0.4, -0.2) is 17.7 Å². The molecule has 1 aromatic heterocycles. The highest BCUT2D eigenvalue weighted by atomic mass is 35.5. The second-order valence-corrected chi connectivity index (χ2v) is 4.51. The number of nitrogens with zero attached hydrogens (tertiary/aromatic N) is 1. The largest absolute Gasteiger partial charge is 0.483 e.